The summed E-state index contributed by atoms with van der Waals surface area (Å²) < 4.78 is 11.8. The normalized spacial score (nSPS) is 18.4. The zero-order valence-electron chi connectivity index (χ0n) is 17.5. The van der Waals surface area contributed by atoms with E-state index in [-0.39, 0.29) is 12.4 Å². The number of nitrogens with one attached hydrogen (secondary N) is 1. The van der Waals surface area contributed by atoms with E-state index in [4.69, 9.17) is 9.47 Å². The van der Waals surface area contributed by atoms with Gasteiger partial charge in [-0.05, 0) is 59.0 Å². The number of dihydropyridines is 1. The van der Waals surface area contributed by atoms with E-state index in [1.165, 1.54) is 0 Å². The first-order chi connectivity index (χ1) is 15.0. The topological polar surface area (TPSA) is 64.6 Å². The van der Waals surface area contributed by atoms with Gasteiger partial charge in [0.05, 0.1) is 17.2 Å². The molecule has 4 rings (SSSR count). The number of allylic oxidation sites excluding steroid dienone is 3. The zero-order valence-corrected chi connectivity index (χ0v) is 19.1. The molecule has 0 unspecified atom stereocenters. The highest BCUT2D eigenvalue weighted by molar-refractivity contribution is 9.10. The average Bonchev–Trinajstić information content (AvgIpc) is 2.77. The summed E-state index contributed by atoms with van der Waals surface area (Å²) in [6, 6.07) is 15.2. The van der Waals surface area contributed by atoms with Crippen LogP contribution in [-0.2, 0) is 20.9 Å². The zero-order chi connectivity index (χ0) is 22.0. The van der Waals surface area contributed by atoms with Crippen molar-refractivity contribution in [3.8, 4) is 5.75 Å². The smallest absolute Gasteiger partial charge is 0.337 e. The number of halogens is 1. The van der Waals surface area contributed by atoms with Gasteiger partial charge in [-0.15, -0.1) is 0 Å². The van der Waals surface area contributed by atoms with Crippen molar-refractivity contribution in [1.82, 2.24) is 5.32 Å². The van der Waals surface area contributed by atoms with E-state index in [1.54, 1.807) is 7.11 Å². The van der Waals surface area contributed by atoms with Crippen molar-refractivity contribution < 1.29 is 19.1 Å². The molecular formula is C25H24BrNO4. The summed E-state index contributed by atoms with van der Waals surface area (Å²) in [7, 11) is 1.60. The maximum absolute atomic E-state index is 13.3. The Balaban J connectivity index is 1.73. The van der Waals surface area contributed by atoms with Crippen LogP contribution in [0.1, 0.15) is 43.2 Å². The third-order valence-corrected chi connectivity index (χ3v) is 6.34. The molecule has 0 saturated carbocycles. The van der Waals surface area contributed by atoms with Gasteiger partial charge in [0, 0.05) is 29.3 Å². The molecule has 2 aromatic rings. The van der Waals surface area contributed by atoms with Crippen molar-refractivity contribution in [2.75, 3.05) is 7.11 Å². The second-order valence-electron chi connectivity index (χ2n) is 7.72. The molecule has 1 heterocycles. The highest BCUT2D eigenvalue weighted by Gasteiger charge is 2.39. The lowest BCUT2D eigenvalue weighted by Gasteiger charge is -2.34. The monoisotopic (exact) mass is 481 g/mol. The van der Waals surface area contributed by atoms with Crippen LogP contribution in [0.15, 0.2) is 75.5 Å². The largest absolute Gasteiger partial charge is 0.496 e. The summed E-state index contributed by atoms with van der Waals surface area (Å²) in [6.45, 7) is 2.04. The van der Waals surface area contributed by atoms with Gasteiger partial charge in [0.1, 0.15) is 12.4 Å². The lowest BCUT2D eigenvalue weighted by molar-refractivity contribution is -0.140. The van der Waals surface area contributed by atoms with Gasteiger partial charge >= 0.3 is 5.97 Å². The molecule has 2 aliphatic rings. The lowest BCUT2D eigenvalue weighted by Crippen LogP contribution is -2.34. The predicted molar refractivity (Wildman–Crippen MR) is 121 cm³/mol. The van der Waals surface area contributed by atoms with E-state index in [0.29, 0.717) is 23.3 Å². The van der Waals surface area contributed by atoms with Gasteiger partial charge in [-0.2, -0.15) is 0 Å². The Morgan fingerprint density at radius 1 is 1.16 bits per heavy atom. The number of carbonyl (C=O) groups is 2. The molecule has 5 nitrogen and oxygen atoms in total. The number of ketones is 1. The maximum Gasteiger partial charge on any atom is 0.337 e. The second kappa shape index (κ2) is 9.10. The van der Waals surface area contributed by atoms with Crippen molar-refractivity contribution in [3.05, 3.63) is 86.7 Å². The molecule has 1 N–H and O–H groups in total. The molecule has 1 aliphatic carbocycles. The van der Waals surface area contributed by atoms with Crippen LogP contribution in [0.3, 0.4) is 0 Å². The Morgan fingerprint density at radius 2 is 1.94 bits per heavy atom. The third kappa shape index (κ3) is 4.30. The van der Waals surface area contributed by atoms with Crippen LogP contribution < -0.4 is 10.1 Å². The number of methoxy groups -OCH3 is 1. The Hall–Kier alpha value is -2.86. The van der Waals surface area contributed by atoms with Crippen LogP contribution in [0.25, 0.3) is 0 Å². The van der Waals surface area contributed by atoms with E-state index in [9.17, 15) is 9.59 Å². The van der Waals surface area contributed by atoms with Gasteiger partial charge in [0.2, 0.25) is 0 Å². The van der Waals surface area contributed by atoms with Crippen molar-refractivity contribution in [1.29, 1.82) is 0 Å². The molecular weight excluding hydrogens is 458 g/mol. The fourth-order valence-corrected chi connectivity index (χ4v) is 4.81. The summed E-state index contributed by atoms with van der Waals surface area (Å²) in [5, 5.41) is 3.32. The van der Waals surface area contributed by atoms with Gasteiger partial charge in [-0.1, -0.05) is 36.4 Å². The predicted octanol–water partition coefficient (Wildman–Crippen LogP) is 5.17. The summed E-state index contributed by atoms with van der Waals surface area (Å²) in [6.07, 6.45) is 2.09. The standard InChI is InChI=1S/C25H24BrNO4/c1-15-22(25(29)31-14-16-7-4-3-5-8-16)23(17-11-12-21(30-2)18(26)13-17)24-19(27-15)9-6-10-20(24)28/h3-5,7-8,11-13,23,27H,6,9-10,14H2,1-2H3/t23-/m0/s1. The van der Waals surface area contributed by atoms with Gasteiger partial charge in [-0.25, -0.2) is 4.79 Å². The van der Waals surface area contributed by atoms with E-state index >= 15 is 0 Å². The molecule has 0 aromatic heterocycles. The van der Waals surface area contributed by atoms with Crippen LogP contribution in [0.5, 0.6) is 5.75 Å². The molecule has 0 amide bonds. The number of esters is 1. The minimum Gasteiger partial charge on any atom is -0.496 e. The first-order valence-corrected chi connectivity index (χ1v) is 11.1. The van der Waals surface area contributed by atoms with Crippen molar-refractivity contribution in [2.45, 2.75) is 38.7 Å². The van der Waals surface area contributed by atoms with Crippen LogP contribution in [-0.4, -0.2) is 18.9 Å². The number of benzene rings is 2. The summed E-state index contributed by atoms with van der Waals surface area (Å²) in [5.74, 6) is -0.132. The highest BCUT2D eigenvalue weighted by atomic mass is 79.9. The molecule has 2 aromatic carbocycles. The lowest BCUT2D eigenvalue weighted by atomic mass is 9.75. The number of Topliss-reactive ketones (excluding diaryl/α,β-unsaturated/α-hetero) is 1. The van der Waals surface area contributed by atoms with Gasteiger partial charge in [0.25, 0.3) is 0 Å². The van der Waals surface area contributed by atoms with E-state index in [0.717, 1.165) is 39.8 Å². The SMILES string of the molecule is COc1ccc([C@H]2C(C(=O)OCc3ccccc3)=C(C)NC3=C2C(=O)CCC3)cc1Br. The van der Waals surface area contributed by atoms with Gasteiger partial charge in [0.15, 0.2) is 5.78 Å². The summed E-state index contributed by atoms with van der Waals surface area (Å²) in [4.78, 5) is 26.2. The van der Waals surface area contributed by atoms with Crippen LogP contribution in [0.4, 0.5) is 0 Å². The fraction of sp³-hybridized carbons (Fsp3) is 0.280. The molecule has 0 saturated heterocycles. The Bertz CT molecular complexity index is 1090. The molecule has 0 bridgehead atoms. The summed E-state index contributed by atoms with van der Waals surface area (Å²) in [5.41, 5.74) is 4.54. The van der Waals surface area contributed by atoms with Gasteiger partial charge in [-0.3, -0.25) is 4.79 Å². The Kier molecular flexibility index (Phi) is 6.28. The van der Waals surface area contributed by atoms with E-state index in [2.05, 4.69) is 21.2 Å². The van der Waals surface area contributed by atoms with Crippen molar-refractivity contribution >= 4 is 27.7 Å². The molecule has 1 atom stereocenters. The molecule has 0 spiro atoms. The minimum absolute atomic E-state index is 0.0755. The van der Waals surface area contributed by atoms with Crippen LogP contribution in [0.2, 0.25) is 0 Å². The minimum atomic E-state index is -0.477. The molecule has 0 fully saturated rings. The molecule has 31 heavy (non-hydrogen) atoms. The molecule has 0 radical (unpaired) electrons. The van der Waals surface area contributed by atoms with Crippen LogP contribution in [0, 0.1) is 0 Å². The van der Waals surface area contributed by atoms with E-state index in [1.807, 2.05) is 55.5 Å². The molecule has 6 heteroatoms. The molecule has 160 valence electrons. The quantitative estimate of drug-likeness (QED) is 0.596. The van der Waals surface area contributed by atoms with Crippen LogP contribution >= 0.6 is 15.9 Å². The summed E-state index contributed by atoms with van der Waals surface area (Å²) >= 11 is 3.54. The Morgan fingerprint density at radius 3 is 2.65 bits per heavy atom. The number of hydrogen-bond donors (Lipinski definition) is 1. The highest BCUT2D eigenvalue weighted by Crippen LogP contribution is 2.44. The number of ether oxygens (including phenoxy) is 2. The number of rotatable bonds is 5. The number of carbonyl (C=O) groups excluding carboxylic acids is 2. The first-order valence-electron chi connectivity index (χ1n) is 10.3. The van der Waals surface area contributed by atoms with Crippen molar-refractivity contribution in [2.24, 2.45) is 0 Å². The second-order valence-corrected chi connectivity index (χ2v) is 8.58. The Labute approximate surface area is 190 Å². The van der Waals surface area contributed by atoms with E-state index < -0.39 is 11.9 Å². The third-order valence-electron chi connectivity index (χ3n) is 5.72. The number of hydrogen-bond acceptors (Lipinski definition) is 5. The molecule has 1 aliphatic heterocycles. The fourth-order valence-electron chi connectivity index (χ4n) is 4.25. The van der Waals surface area contributed by atoms with Gasteiger partial charge < -0.3 is 14.8 Å². The average molecular weight is 482 g/mol. The maximum atomic E-state index is 13.3. The first kappa shape index (κ1) is 21.4. The van der Waals surface area contributed by atoms with Crippen molar-refractivity contribution in [3.63, 3.8) is 0 Å².